The molecule has 0 saturated carbocycles. The number of nitrogens with zero attached hydrogens (tertiary/aromatic N) is 4. The normalized spacial score (nSPS) is 19.7. The number of rotatable bonds is 8. The molecule has 1 unspecified atom stereocenters. The molecule has 2 saturated heterocycles. The average molecular weight is 514 g/mol. The summed E-state index contributed by atoms with van der Waals surface area (Å²) in [5.41, 5.74) is 4.78. The minimum absolute atomic E-state index is 0.0121. The monoisotopic (exact) mass is 513 g/mol. The number of para-hydroxylation sites is 1. The topological polar surface area (TPSA) is 70.5 Å². The quantitative estimate of drug-likeness (QED) is 0.490. The van der Waals surface area contributed by atoms with Gasteiger partial charge in [-0.1, -0.05) is 61.9 Å². The third-order valence-electron chi connectivity index (χ3n) is 8.33. The summed E-state index contributed by atoms with van der Waals surface area (Å²) in [6, 6.07) is 19.7. The number of aryl methyl sites for hydroxylation is 1. The number of piperazine rings is 1. The summed E-state index contributed by atoms with van der Waals surface area (Å²) in [6.07, 6.45) is 3.72. The molecule has 0 bridgehead atoms. The van der Waals surface area contributed by atoms with Gasteiger partial charge in [-0.05, 0) is 50.8 Å². The first-order chi connectivity index (χ1) is 18.4. The van der Waals surface area contributed by atoms with Crippen LogP contribution in [0.3, 0.4) is 0 Å². The number of hydrogen-bond donors (Lipinski definition) is 1. The summed E-state index contributed by atoms with van der Waals surface area (Å²) in [7, 11) is 0. The van der Waals surface area contributed by atoms with Crippen molar-refractivity contribution in [2.24, 2.45) is 0 Å². The zero-order valence-corrected chi connectivity index (χ0v) is 22.8. The van der Waals surface area contributed by atoms with Crippen LogP contribution in [-0.4, -0.2) is 62.6 Å². The van der Waals surface area contributed by atoms with Crippen molar-refractivity contribution in [2.45, 2.75) is 71.0 Å². The minimum Gasteiger partial charge on any atom is -0.342 e. The first-order valence-electron chi connectivity index (χ1n) is 13.9. The molecule has 200 valence electrons. The highest BCUT2D eigenvalue weighted by Gasteiger charge is 2.53. The third kappa shape index (κ3) is 4.99. The molecule has 38 heavy (non-hydrogen) atoms. The van der Waals surface area contributed by atoms with Crippen molar-refractivity contribution < 1.29 is 9.59 Å². The van der Waals surface area contributed by atoms with Crippen molar-refractivity contribution in [3.63, 3.8) is 0 Å². The van der Waals surface area contributed by atoms with E-state index in [1.165, 1.54) is 5.56 Å². The van der Waals surface area contributed by atoms with E-state index in [4.69, 9.17) is 5.10 Å². The van der Waals surface area contributed by atoms with Crippen molar-refractivity contribution in [1.29, 1.82) is 0 Å². The van der Waals surface area contributed by atoms with Crippen molar-refractivity contribution in [3.8, 4) is 5.69 Å². The van der Waals surface area contributed by atoms with Gasteiger partial charge in [0.1, 0.15) is 11.6 Å². The molecule has 0 radical (unpaired) electrons. The zero-order valence-electron chi connectivity index (χ0n) is 22.8. The third-order valence-corrected chi connectivity index (χ3v) is 8.33. The summed E-state index contributed by atoms with van der Waals surface area (Å²) < 4.78 is 2.02. The highest BCUT2D eigenvalue weighted by atomic mass is 16.2. The predicted octanol–water partition coefficient (Wildman–Crippen LogP) is 4.19. The molecule has 2 aliphatic rings. The number of carbonyl (C=O) groups excluding carboxylic acids is 2. The number of nitrogens with one attached hydrogen (secondary N) is 1. The molecule has 1 aromatic heterocycles. The second-order valence-electron chi connectivity index (χ2n) is 10.8. The lowest BCUT2D eigenvalue weighted by Gasteiger charge is -2.51. The van der Waals surface area contributed by atoms with Crippen molar-refractivity contribution in [3.05, 3.63) is 83.2 Å². The van der Waals surface area contributed by atoms with E-state index >= 15 is 0 Å². The van der Waals surface area contributed by atoms with Gasteiger partial charge in [0, 0.05) is 43.9 Å². The van der Waals surface area contributed by atoms with Crippen molar-refractivity contribution in [2.75, 3.05) is 19.6 Å². The van der Waals surface area contributed by atoms with Crippen molar-refractivity contribution >= 4 is 11.8 Å². The number of likely N-dealkylation sites (tertiary alicyclic amines) is 1. The molecule has 2 amide bonds. The van der Waals surface area contributed by atoms with Crippen LogP contribution in [0.1, 0.15) is 55.1 Å². The van der Waals surface area contributed by atoms with Crippen LogP contribution in [0.4, 0.5) is 0 Å². The maximum atomic E-state index is 13.7. The molecule has 7 nitrogen and oxygen atoms in total. The van der Waals surface area contributed by atoms with Gasteiger partial charge in [0.25, 0.3) is 0 Å². The highest BCUT2D eigenvalue weighted by Crippen LogP contribution is 2.35. The number of amides is 2. The minimum atomic E-state index is -0.756. The molecule has 1 N–H and O–H groups in total. The number of hydrogen-bond acceptors (Lipinski definition) is 4. The molecule has 3 heterocycles. The summed E-state index contributed by atoms with van der Waals surface area (Å²) in [4.78, 5) is 31.8. The molecular weight excluding hydrogens is 474 g/mol. The Morgan fingerprint density at radius 2 is 1.63 bits per heavy atom. The number of carbonyl (C=O) groups is 2. The van der Waals surface area contributed by atoms with Crippen molar-refractivity contribution in [1.82, 2.24) is 24.9 Å². The predicted molar refractivity (Wildman–Crippen MR) is 149 cm³/mol. The van der Waals surface area contributed by atoms with Crippen LogP contribution in [0.2, 0.25) is 0 Å². The van der Waals surface area contributed by atoms with Crippen LogP contribution in [0, 0.1) is 13.8 Å². The van der Waals surface area contributed by atoms with Crippen LogP contribution in [0.15, 0.2) is 60.7 Å². The lowest BCUT2D eigenvalue weighted by molar-refractivity contribution is -0.161. The van der Waals surface area contributed by atoms with Crippen LogP contribution in [0.25, 0.3) is 5.69 Å². The van der Waals surface area contributed by atoms with E-state index in [0.29, 0.717) is 25.8 Å². The maximum Gasteiger partial charge on any atom is 0.246 e. The van der Waals surface area contributed by atoms with Gasteiger partial charge in [0.2, 0.25) is 11.8 Å². The highest BCUT2D eigenvalue weighted by molar-refractivity contribution is 6.00. The molecule has 0 aliphatic carbocycles. The number of piperidine rings is 1. The molecule has 5 rings (SSSR count). The molecule has 7 heteroatoms. The molecule has 1 spiro atoms. The van der Waals surface area contributed by atoms with Gasteiger partial charge in [0.05, 0.1) is 11.4 Å². The van der Waals surface area contributed by atoms with Gasteiger partial charge in [0.15, 0.2) is 0 Å². The Hall–Kier alpha value is -3.45. The van der Waals surface area contributed by atoms with Crippen LogP contribution < -0.4 is 5.32 Å². The zero-order chi connectivity index (χ0) is 26.7. The summed E-state index contributed by atoms with van der Waals surface area (Å²) in [5.74, 6) is 0.0734. The molecule has 3 aromatic rings. The van der Waals surface area contributed by atoms with Crippen LogP contribution >= 0.6 is 0 Å². The van der Waals surface area contributed by atoms with Gasteiger partial charge in [-0.2, -0.15) is 5.10 Å². The smallest absolute Gasteiger partial charge is 0.246 e. The molecule has 2 aromatic carbocycles. The summed E-state index contributed by atoms with van der Waals surface area (Å²) in [5, 5.41) is 7.94. The van der Waals surface area contributed by atoms with E-state index in [1.807, 2.05) is 58.1 Å². The Morgan fingerprint density at radius 1 is 0.974 bits per heavy atom. The van der Waals surface area contributed by atoms with E-state index in [1.54, 1.807) is 0 Å². The Labute approximate surface area is 225 Å². The molecule has 1 atom stereocenters. The average Bonchev–Trinajstić information content (AvgIpc) is 3.22. The summed E-state index contributed by atoms with van der Waals surface area (Å²) in [6.45, 7) is 9.29. The van der Waals surface area contributed by atoms with Gasteiger partial charge in [-0.3, -0.25) is 14.5 Å². The van der Waals surface area contributed by atoms with Gasteiger partial charge in [-0.25, -0.2) is 4.68 Å². The first kappa shape index (κ1) is 26.2. The Morgan fingerprint density at radius 3 is 2.29 bits per heavy atom. The second-order valence-corrected chi connectivity index (χ2v) is 10.8. The van der Waals surface area contributed by atoms with E-state index in [-0.39, 0.29) is 11.8 Å². The molecule has 2 fully saturated rings. The second kappa shape index (κ2) is 11.1. The first-order valence-corrected chi connectivity index (χ1v) is 13.9. The molecule has 2 aliphatic heterocycles. The fourth-order valence-electron chi connectivity index (χ4n) is 6.03. The number of aromatic nitrogens is 2. The fraction of sp³-hybridized carbons (Fsp3) is 0.452. The Balaban J connectivity index is 1.31. The largest absolute Gasteiger partial charge is 0.342 e. The van der Waals surface area contributed by atoms with Gasteiger partial charge in [-0.15, -0.1) is 0 Å². The standard InChI is InChI=1S/C31H39N5O2/c1-4-5-18-35-29(37)28(21-25-12-8-6-9-13-25)32-30(38)31(35)16-19-34(20-17-31)22-27-23(2)33-36(24(27)3)26-14-10-7-11-15-26/h6-15,28H,4-5,16-22H2,1-3H3,(H,32,38). The van der Waals surface area contributed by atoms with E-state index in [9.17, 15) is 9.59 Å². The maximum absolute atomic E-state index is 13.7. The lowest BCUT2D eigenvalue weighted by atomic mass is 9.81. The lowest BCUT2D eigenvalue weighted by Crippen LogP contribution is -2.73. The Bertz CT molecular complexity index is 1260. The van der Waals surface area contributed by atoms with E-state index < -0.39 is 11.6 Å². The van der Waals surface area contributed by atoms with Gasteiger partial charge < -0.3 is 10.2 Å². The van der Waals surface area contributed by atoms with E-state index in [2.05, 4.69) is 43.1 Å². The van der Waals surface area contributed by atoms with E-state index in [0.717, 1.165) is 55.1 Å². The van der Waals surface area contributed by atoms with Crippen LogP contribution in [-0.2, 0) is 22.6 Å². The molecular formula is C31H39N5O2. The summed E-state index contributed by atoms with van der Waals surface area (Å²) >= 11 is 0. The van der Waals surface area contributed by atoms with Crippen LogP contribution in [0.5, 0.6) is 0 Å². The Kier molecular flexibility index (Phi) is 7.65. The number of unbranched alkanes of at least 4 members (excludes halogenated alkanes) is 1. The fourth-order valence-corrected chi connectivity index (χ4v) is 6.03. The number of benzene rings is 2. The van der Waals surface area contributed by atoms with Gasteiger partial charge >= 0.3 is 0 Å². The SMILES string of the molecule is CCCCN1C(=O)C(Cc2ccccc2)NC(=O)C12CCN(Cc1c(C)nn(-c3ccccc3)c1C)CC2.